The standard InChI is InChI=1S/C12H15N3O2.C8H13NO2.C4H3BrN2.2H2/c1-12(2,3)17-11(16)15-6-4-5-10-7-13-9-14-8-10;1-5-6-9-7(10)11-8(2,3)4;5-4-1-6-3-7-2-4;;/h7-9H,6H2,1-3H3,(H,15,16);1H,6H2,2-4H3,(H,9,10);1-3H;2*1H. The number of nitrogens with zero attached hydrogens (tertiary/aromatic N) is 4. The second kappa shape index (κ2) is 16.8. The van der Waals surface area contributed by atoms with Crippen LogP contribution in [0.25, 0.3) is 0 Å². The first-order valence-corrected chi connectivity index (χ1v) is 11.1. The lowest BCUT2D eigenvalue weighted by Crippen LogP contribution is -2.32. The van der Waals surface area contributed by atoms with E-state index in [9.17, 15) is 9.59 Å². The zero-order valence-electron chi connectivity index (χ0n) is 20.8. The number of hydrogen-bond donors (Lipinski definition) is 2. The Hall–Kier alpha value is -3.70. The van der Waals surface area contributed by atoms with Crippen molar-refractivity contribution in [1.82, 2.24) is 30.6 Å². The number of carbonyl (C=O) groups is 2. The number of nitrogens with one attached hydrogen (secondary N) is 2. The number of terminal acetylenes is 1. The Morgan fingerprint density at radius 1 is 0.886 bits per heavy atom. The maximum atomic E-state index is 11.2. The minimum absolute atomic E-state index is 0. The summed E-state index contributed by atoms with van der Waals surface area (Å²) in [5.41, 5.74) is -0.248. The molecule has 0 spiro atoms. The van der Waals surface area contributed by atoms with Gasteiger partial charge in [0.1, 0.15) is 23.9 Å². The van der Waals surface area contributed by atoms with Crippen LogP contribution in [0.15, 0.2) is 41.9 Å². The third-order valence-corrected chi connectivity index (χ3v) is 3.19. The average Bonchev–Trinajstić information content (AvgIpc) is 2.75. The van der Waals surface area contributed by atoms with Crippen molar-refractivity contribution in [3.05, 3.63) is 47.5 Å². The van der Waals surface area contributed by atoms with E-state index in [1.54, 1.807) is 66.3 Å². The summed E-state index contributed by atoms with van der Waals surface area (Å²) < 4.78 is 10.9. The largest absolute Gasteiger partial charge is 0.444 e. The fourth-order valence-electron chi connectivity index (χ4n) is 1.66. The van der Waals surface area contributed by atoms with Crippen LogP contribution in [-0.4, -0.2) is 56.4 Å². The molecule has 0 aliphatic carbocycles. The summed E-state index contributed by atoms with van der Waals surface area (Å²) >= 11 is 3.19. The van der Waals surface area contributed by atoms with Gasteiger partial charge < -0.3 is 20.1 Å². The third-order valence-electron chi connectivity index (χ3n) is 2.78. The topological polar surface area (TPSA) is 128 Å². The number of amides is 2. The molecule has 0 atom stereocenters. The van der Waals surface area contributed by atoms with Crippen molar-refractivity contribution in [2.75, 3.05) is 13.1 Å². The van der Waals surface area contributed by atoms with Gasteiger partial charge in [-0.25, -0.2) is 29.5 Å². The van der Waals surface area contributed by atoms with Gasteiger partial charge in [-0.15, -0.1) is 6.42 Å². The van der Waals surface area contributed by atoms with Gasteiger partial charge in [0.15, 0.2) is 0 Å². The minimum atomic E-state index is -0.495. The molecular weight excluding hydrogens is 516 g/mol. The van der Waals surface area contributed by atoms with Crippen LogP contribution in [0.1, 0.15) is 50.0 Å². The van der Waals surface area contributed by atoms with Gasteiger partial charge in [0.05, 0.1) is 23.1 Å². The van der Waals surface area contributed by atoms with Gasteiger partial charge in [-0.1, -0.05) is 17.8 Å². The minimum Gasteiger partial charge on any atom is -0.444 e. The van der Waals surface area contributed by atoms with Crippen LogP contribution in [-0.2, 0) is 9.47 Å². The summed E-state index contributed by atoms with van der Waals surface area (Å²) in [7, 11) is 0. The van der Waals surface area contributed by atoms with E-state index >= 15 is 0 Å². The van der Waals surface area contributed by atoms with Crippen molar-refractivity contribution in [3.63, 3.8) is 0 Å². The second-order valence-corrected chi connectivity index (χ2v) is 9.32. The maximum Gasteiger partial charge on any atom is 0.408 e. The summed E-state index contributed by atoms with van der Waals surface area (Å²) in [6.45, 7) is 11.2. The Morgan fingerprint density at radius 2 is 1.31 bits per heavy atom. The van der Waals surface area contributed by atoms with Crippen molar-refractivity contribution >= 4 is 28.1 Å². The van der Waals surface area contributed by atoms with Crippen LogP contribution in [0.2, 0.25) is 0 Å². The molecule has 35 heavy (non-hydrogen) atoms. The lowest BCUT2D eigenvalue weighted by Gasteiger charge is -2.19. The van der Waals surface area contributed by atoms with Gasteiger partial charge in [-0.2, -0.15) is 0 Å². The summed E-state index contributed by atoms with van der Waals surface area (Å²) in [6, 6.07) is 0. The van der Waals surface area contributed by atoms with Crippen molar-refractivity contribution in [3.8, 4) is 24.2 Å². The van der Waals surface area contributed by atoms with Gasteiger partial charge in [-0.05, 0) is 57.5 Å². The summed E-state index contributed by atoms with van der Waals surface area (Å²) in [5.74, 6) is 7.87. The predicted octanol–water partition coefficient (Wildman–Crippen LogP) is 4.23. The first-order chi connectivity index (χ1) is 16.3. The Labute approximate surface area is 218 Å². The molecule has 2 heterocycles. The number of alkyl carbamates (subject to hydrolysis) is 2. The lowest BCUT2D eigenvalue weighted by atomic mass is 10.2. The highest BCUT2D eigenvalue weighted by Gasteiger charge is 2.15. The van der Waals surface area contributed by atoms with E-state index in [-0.39, 0.29) is 15.9 Å². The van der Waals surface area contributed by atoms with Gasteiger partial charge in [0.25, 0.3) is 0 Å². The lowest BCUT2D eigenvalue weighted by molar-refractivity contribution is 0.0523. The fourth-order valence-corrected chi connectivity index (χ4v) is 1.90. The van der Waals surface area contributed by atoms with Crippen LogP contribution in [0.3, 0.4) is 0 Å². The molecule has 2 aromatic heterocycles. The van der Waals surface area contributed by atoms with Crippen LogP contribution in [0.5, 0.6) is 0 Å². The van der Waals surface area contributed by atoms with Crippen molar-refractivity contribution in [1.29, 1.82) is 0 Å². The van der Waals surface area contributed by atoms with E-state index in [1.807, 2.05) is 0 Å². The molecule has 2 aromatic rings. The predicted molar refractivity (Wildman–Crippen MR) is 140 cm³/mol. The first kappa shape index (κ1) is 31.3. The van der Waals surface area contributed by atoms with Crippen LogP contribution >= 0.6 is 15.9 Å². The molecule has 0 fully saturated rings. The van der Waals surface area contributed by atoms with E-state index in [2.05, 4.69) is 64.3 Å². The monoisotopic (exact) mass is 550 g/mol. The quantitative estimate of drug-likeness (QED) is 0.531. The van der Waals surface area contributed by atoms with E-state index in [4.69, 9.17) is 15.9 Å². The zero-order chi connectivity index (χ0) is 26.7. The molecular formula is C24H35BrN6O4. The molecule has 192 valence electrons. The molecule has 2 amide bonds. The van der Waals surface area contributed by atoms with Gasteiger partial charge >= 0.3 is 12.2 Å². The Kier molecular flexibility index (Phi) is 15.1. The third kappa shape index (κ3) is 21.9. The van der Waals surface area contributed by atoms with E-state index < -0.39 is 23.4 Å². The van der Waals surface area contributed by atoms with E-state index in [0.717, 1.165) is 4.47 Å². The van der Waals surface area contributed by atoms with Gasteiger partial charge in [0.2, 0.25) is 0 Å². The van der Waals surface area contributed by atoms with Crippen molar-refractivity contribution < 1.29 is 21.9 Å². The molecule has 0 saturated carbocycles. The Morgan fingerprint density at radius 3 is 1.69 bits per heavy atom. The van der Waals surface area contributed by atoms with E-state index in [0.29, 0.717) is 5.56 Å². The molecule has 0 aliphatic heterocycles. The first-order valence-electron chi connectivity index (χ1n) is 10.3. The molecule has 0 unspecified atom stereocenters. The van der Waals surface area contributed by atoms with Crippen LogP contribution in [0.4, 0.5) is 9.59 Å². The molecule has 11 heteroatoms. The highest BCUT2D eigenvalue weighted by Crippen LogP contribution is 2.06. The summed E-state index contributed by atoms with van der Waals surface area (Å²) in [4.78, 5) is 37.1. The summed E-state index contributed by atoms with van der Waals surface area (Å²) in [6.07, 6.45) is 13.5. The number of halogens is 1. The van der Waals surface area contributed by atoms with E-state index in [1.165, 1.54) is 12.7 Å². The van der Waals surface area contributed by atoms with Crippen LogP contribution < -0.4 is 10.6 Å². The number of rotatable bonds is 2. The smallest absolute Gasteiger partial charge is 0.408 e. The SMILES string of the molecule is Brc1cncnc1.C#CCNC(=O)OC(C)(C)C.CC(C)(C)OC(=O)NCC#Cc1cncnc1.[HH].[HH]. The van der Waals surface area contributed by atoms with Crippen molar-refractivity contribution in [2.45, 2.75) is 52.7 Å². The molecule has 10 nitrogen and oxygen atoms in total. The molecule has 0 aromatic carbocycles. The molecule has 0 aliphatic rings. The number of hydrogen-bond acceptors (Lipinski definition) is 8. The summed E-state index contributed by atoms with van der Waals surface area (Å²) in [5, 5.41) is 4.93. The molecule has 0 radical (unpaired) electrons. The zero-order valence-corrected chi connectivity index (χ0v) is 22.3. The van der Waals surface area contributed by atoms with Crippen molar-refractivity contribution in [2.24, 2.45) is 0 Å². The molecule has 0 bridgehead atoms. The maximum absolute atomic E-state index is 11.2. The van der Waals surface area contributed by atoms with Crippen LogP contribution in [0, 0.1) is 24.2 Å². The Bertz CT molecular complexity index is 1000. The number of aromatic nitrogens is 4. The van der Waals surface area contributed by atoms with Gasteiger partial charge in [0, 0.05) is 27.6 Å². The molecule has 0 saturated heterocycles. The second-order valence-electron chi connectivity index (χ2n) is 8.40. The fraction of sp³-hybridized carbons (Fsp3) is 0.417. The average molecular weight is 551 g/mol. The normalized spacial score (nSPS) is 9.77. The Balaban J connectivity index is -0.000000499. The number of ether oxygens (including phenoxy) is 2. The molecule has 2 rings (SSSR count). The number of carbonyl (C=O) groups excluding carboxylic acids is 2. The molecule has 2 N–H and O–H groups in total. The van der Waals surface area contributed by atoms with Gasteiger partial charge in [-0.3, -0.25) is 0 Å². The highest BCUT2D eigenvalue weighted by molar-refractivity contribution is 9.10. The highest BCUT2D eigenvalue weighted by atomic mass is 79.9.